The minimum Gasteiger partial charge on any atom is -0.496 e. The van der Waals surface area contributed by atoms with Gasteiger partial charge in [-0.25, -0.2) is 0 Å². The number of thioether (sulfide) groups is 1. The lowest BCUT2D eigenvalue weighted by molar-refractivity contribution is 0.300. The second kappa shape index (κ2) is 6.40. The molecule has 1 atom stereocenters. The van der Waals surface area contributed by atoms with Gasteiger partial charge in [-0.15, -0.1) is 0 Å². The molecule has 15 heavy (non-hydrogen) atoms. The summed E-state index contributed by atoms with van der Waals surface area (Å²) in [6.07, 6.45) is 0. The first-order chi connectivity index (χ1) is 7.17. The van der Waals surface area contributed by atoms with Crippen LogP contribution >= 0.6 is 27.7 Å². The molecule has 0 heterocycles. The van der Waals surface area contributed by atoms with Gasteiger partial charge in [-0.05, 0) is 33.6 Å². The third-order valence-corrected chi connectivity index (χ3v) is 3.85. The molecule has 0 fully saturated rings. The molecule has 0 saturated carbocycles. The number of methoxy groups -OCH3 is 1. The molecule has 1 aromatic carbocycles. The molecule has 84 valence electrons. The van der Waals surface area contributed by atoms with Gasteiger partial charge in [0.1, 0.15) is 5.75 Å². The molecular weight excluding hydrogens is 276 g/mol. The Balaban J connectivity index is 2.59. The number of ether oxygens (including phenoxy) is 1. The molecular formula is C11H15BrO2S. The van der Waals surface area contributed by atoms with Crippen LogP contribution in [-0.4, -0.2) is 24.1 Å². The van der Waals surface area contributed by atoms with Crippen molar-refractivity contribution in [2.45, 2.75) is 17.9 Å². The van der Waals surface area contributed by atoms with E-state index in [1.165, 1.54) is 5.56 Å². The standard InChI is InChI=1S/C11H15BrO2S/c1-8(6-13)15-7-9-3-4-11(14-2)10(12)5-9/h3-5,8,13H,6-7H2,1-2H3. The third kappa shape index (κ3) is 4.05. The van der Waals surface area contributed by atoms with E-state index in [-0.39, 0.29) is 11.9 Å². The quantitative estimate of drug-likeness (QED) is 0.904. The summed E-state index contributed by atoms with van der Waals surface area (Å²) in [5.41, 5.74) is 1.23. The number of aliphatic hydroxyl groups excluding tert-OH is 1. The van der Waals surface area contributed by atoms with Crippen molar-refractivity contribution in [3.05, 3.63) is 28.2 Å². The van der Waals surface area contributed by atoms with Gasteiger partial charge < -0.3 is 9.84 Å². The summed E-state index contributed by atoms with van der Waals surface area (Å²) >= 11 is 5.19. The number of aliphatic hydroxyl groups is 1. The van der Waals surface area contributed by atoms with Crippen molar-refractivity contribution in [1.82, 2.24) is 0 Å². The van der Waals surface area contributed by atoms with Crippen LogP contribution in [0.3, 0.4) is 0 Å². The van der Waals surface area contributed by atoms with Gasteiger partial charge in [0.05, 0.1) is 18.2 Å². The van der Waals surface area contributed by atoms with Crippen LogP contribution in [-0.2, 0) is 5.75 Å². The van der Waals surface area contributed by atoms with Gasteiger partial charge in [0.25, 0.3) is 0 Å². The number of halogens is 1. The van der Waals surface area contributed by atoms with Gasteiger partial charge in [0.2, 0.25) is 0 Å². The molecule has 0 aromatic heterocycles. The Labute approximate surface area is 103 Å². The Morgan fingerprint density at radius 1 is 1.53 bits per heavy atom. The highest BCUT2D eigenvalue weighted by Gasteiger charge is 2.04. The second-order valence-electron chi connectivity index (χ2n) is 3.27. The van der Waals surface area contributed by atoms with Crippen molar-refractivity contribution < 1.29 is 9.84 Å². The maximum atomic E-state index is 8.90. The van der Waals surface area contributed by atoms with E-state index in [1.54, 1.807) is 18.9 Å². The second-order valence-corrected chi connectivity index (χ2v) is 5.55. The van der Waals surface area contributed by atoms with Crippen molar-refractivity contribution in [3.8, 4) is 5.75 Å². The fraction of sp³-hybridized carbons (Fsp3) is 0.455. The topological polar surface area (TPSA) is 29.5 Å². The Kier molecular flexibility index (Phi) is 5.50. The minimum absolute atomic E-state index is 0.224. The normalized spacial score (nSPS) is 12.5. The summed E-state index contributed by atoms with van der Waals surface area (Å²) in [5.74, 6) is 1.75. The molecule has 2 nitrogen and oxygen atoms in total. The van der Waals surface area contributed by atoms with Gasteiger partial charge in [-0.3, -0.25) is 0 Å². The Morgan fingerprint density at radius 3 is 2.80 bits per heavy atom. The molecule has 0 saturated heterocycles. The monoisotopic (exact) mass is 290 g/mol. The fourth-order valence-electron chi connectivity index (χ4n) is 1.09. The van der Waals surface area contributed by atoms with Gasteiger partial charge >= 0.3 is 0 Å². The fourth-order valence-corrected chi connectivity index (χ4v) is 2.44. The van der Waals surface area contributed by atoms with Crippen LogP contribution in [0.2, 0.25) is 0 Å². The molecule has 0 aliphatic heterocycles. The van der Waals surface area contributed by atoms with Crippen LogP contribution in [0.25, 0.3) is 0 Å². The summed E-state index contributed by atoms with van der Waals surface area (Å²) in [5, 5.41) is 9.18. The predicted octanol–water partition coefficient (Wildman–Crippen LogP) is 3.07. The van der Waals surface area contributed by atoms with Crippen LogP contribution in [0, 0.1) is 0 Å². The first kappa shape index (κ1) is 12.9. The molecule has 0 aliphatic rings. The van der Waals surface area contributed by atoms with E-state index < -0.39 is 0 Å². The summed E-state index contributed by atoms with van der Waals surface area (Å²) in [4.78, 5) is 0. The van der Waals surface area contributed by atoms with Crippen molar-refractivity contribution >= 4 is 27.7 Å². The zero-order chi connectivity index (χ0) is 11.3. The molecule has 4 heteroatoms. The van der Waals surface area contributed by atoms with Gasteiger partial charge in [0.15, 0.2) is 0 Å². The van der Waals surface area contributed by atoms with E-state index in [0.29, 0.717) is 0 Å². The lowest BCUT2D eigenvalue weighted by atomic mass is 10.2. The minimum atomic E-state index is 0.224. The first-order valence-corrected chi connectivity index (χ1v) is 6.56. The molecule has 1 N–H and O–H groups in total. The number of hydrogen-bond acceptors (Lipinski definition) is 3. The summed E-state index contributed by atoms with van der Waals surface area (Å²) in [6.45, 7) is 2.24. The summed E-state index contributed by atoms with van der Waals surface area (Å²) in [6, 6.07) is 6.04. The van der Waals surface area contributed by atoms with Crippen LogP contribution in [0.5, 0.6) is 5.75 Å². The third-order valence-electron chi connectivity index (χ3n) is 2.01. The van der Waals surface area contributed by atoms with Crippen molar-refractivity contribution in [1.29, 1.82) is 0 Å². The van der Waals surface area contributed by atoms with E-state index in [4.69, 9.17) is 9.84 Å². The smallest absolute Gasteiger partial charge is 0.133 e. The van der Waals surface area contributed by atoms with E-state index in [2.05, 4.69) is 22.0 Å². The molecule has 1 unspecified atom stereocenters. The van der Waals surface area contributed by atoms with Crippen molar-refractivity contribution in [3.63, 3.8) is 0 Å². The Bertz CT molecular complexity index is 317. The van der Waals surface area contributed by atoms with E-state index in [0.717, 1.165) is 16.0 Å². The highest BCUT2D eigenvalue weighted by molar-refractivity contribution is 9.10. The van der Waals surface area contributed by atoms with Crippen LogP contribution in [0.1, 0.15) is 12.5 Å². The van der Waals surface area contributed by atoms with Crippen LogP contribution < -0.4 is 4.74 Å². The predicted molar refractivity (Wildman–Crippen MR) is 68.5 cm³/mol. The average Bonchev–Trinajstić information content (AvgIpc) is 2.26. The van der Waals surface area contributed by atoms with Crippen molar-refractivity contribution in [2.75, 3.05) is 13.7 Å². The van der Waals surface area contributed by atoms with Gasteiger partial charge in [-0.2, -0.15) is 11.8 Å². The maximum Gasteiger partial charge on any atom is 0.133 e. The van der Waals surface area contributed by atoms with E-state index in [9.17, 15) is 0 Å². The van der Waals surface area contributed by atoms with Gasteiger partial charge in [-0.1, -0.05) is 13.0 Å². The molecule has 1 aromatic rings. The van der Waals surface area contributed by atoms with Crippen molar-refractivity contribution in [2.24, 2.45) is 0 Å². The lowest BCUT2D eigenvalue weighted by Gasteiger charge is -2.09. The largest absolute Gasteiger partial charge is 0.496 e. The number of hydrogen-bond donors (Lipinski definition) is 1. The SMILES string of the molecule is COc1ccc(CSC(C)CO)cc1Br. The lowest BCUT2D eigenvalue weighted by Crippen LogP contribution is -2.02. The van der Waals surface area contributed by atoms with E-state index in [1.807, 2.05) is 19.1 Å². The molecule has 0 radical (unpaired) electrons. The highest BCUT2D eigenvalue weighted by Crippen LogP contribution is 2.27. The Morgan fingerprint density at radius 2 is 2.27 bits per heavy atom. The molecule has 1 rings (SSSR count). The van der Waals surface area contributed by atoms with E-state index >= 15 is 0 Å². The molecule has 0 amide bonds. The molecule has 0 aliphatic carbocycles. The molecule has 0 spiro atoms. The van der Waals surface area contributed by atoms with Gasteiger partial charge in [0, 0.05) is 11.0 Å². The van der Waals surface area contributed by atoms with Crippen LogP contribution in [0.15, 0.2) is 22.7 Å². The maximum absolute atomic E-state index is 8.90. The highest BCUT2D eigenvalue weighted by atomic mass is 79.9. The summed E-state index contributed by atoms with van der Waals surface area (Å²) < 4.78 is 6.13. The zero-order valence-corrected chi connectivity index (χ0v) is 11.3. The first-order valence-electron chi connectivity index (χ1n) is 4.72. The number of benzene rings is 1. The number of rotatable bonds is 5. The summed E-state index contributed by atoms with van der Waals surface area (Å²) in [7, 11) is 1.66. The Hall–Kier alpha value is -0.190. The average molecular weight is 291 g/mol. The molecule has 0 bridgehead atoms. The van der Waals surface area contributed by atoms with Crippen LogP contribution in [0.4, 0.5) is 0 Å². The zero-order valence-electron chi connectivity index (χ0n) is 8.87.